The number of fused-ring (bicyclic) bond motifs is 3. The molecule has 3 saturated heterocycles. The molecule has 1 aliphatic carbocycles. The summed E-state index contributed by atoms with van der Waals surface area (Å²) >= 11 is 0. The molecule has 4 aliphatic rings. The third-order valence-electron chi connectivity index (χ3n) is 8.65. The number of para-hydroxylation sites is 1. The van der Waals surface area contributed by atoms with E-state index in [9.17, 15) is 5.11 Å². The standard InChI is InChI=1S/C29H40NO3/c31-29(26-12-7-8-13-26,25-10-3-1-4-11-25)23-33-28-22-30(19-16-24(28)17-20-30)18-9-21-32-27-14-5-2-6-15-27/h1-6,10-11,14-15,24,26,28,31H,7-9,12-13,16-23H2/q+1/t24?,28-,29+,30?/m0/s1. The Hall–Kier alpha value is -1.88. The highest BCUT2D eigenvalue weighted by Crippen LogP contribution is 2.42. The largest absolute Gasteiger partial charge is 0.493 e. The summed E-state index contributed by atoms with van der Waals surface area (Å²) in [7, 11) is 0. The highest BCUT2D eigenvalue weighted by atomic mass is 16.5. The second kappa shape index (κ2) is 10.2. The minimum atomic E-state index is -0.863. The first-order valence-electron chi connectivity index (χ1n) is 13.1. The highest BCUT2D eigenvalue weighted by molar-refractivity contribution is 5.24. The fourth-order valence-electron chi connectivity index (χ4n) is 6.63. The van der Waals surface area contributed by atoms with Gasteiger partial charge in [0, 0.05) is 25.2 Å². The van der Waals surface area contributed by atoms with Gasteiger partial charge in [0.05, 0.1) is 32.8 Å². The van der Waals surface area contributed by atoms with Crippen LogP contribution in [0.25, 0.3) is 0 Å². The number of benzene rings is 2. The summed E-state index contributed by atoms with van der Waals surface area (Å²) in [6.07, 6.45) is 8.47. The fraction of sp³-hybridized carbons (Fsp3) is 0.586. The molecule has 178 valence electrons. The van der Waals surface area contributed by atoms with E-state index in [4.69, 9.17) is 9.47 Å². The molecule has 2 bridgehead atoms. The van der Waals surface area contributed by atoms with E-state index in [0.29, 0.717) is 18.4 Å². The maximum atomic E-state index is 11.9. The molecular weight excluding hydrogens is 410 g/mol. The summed E-state index contributed by atoms with van der Waals surface area (Å²) < 4.78 is 13.8. The highest BCUT2D eigenvalue weighted by Gasteiger charge is 2.48. The summed E-state index contributed by atoms with van der Waals surface area (Å²) in [4.78, 5) is 0. The number of aliphatic hydroxyl groups is 1. The van der Waals surface area contributed by atoms with Crippen LogP contribution in [0.1, 0.15) is 50.5 Å². The number of piperidine rings is 3. The lowest BCUT2D eigenvalue weighted by molar-refractivity contribution is -0.946. The van der Waals surface area contributed by atoms with Crippen LogP contribution >= 0.6 is 0 Å². The van der Waals surface area contributed by atoms with Crippen molar-refractivity contribution in [3.05, 3.63) is 66.2 Å². The van der Waals surface area contributed by atoms with Gasteiger partial charge in [0.1, 0.15) is 24.0 Å². The zero-order valence-corrected chi connectivity index (χ0v) is 19.9. The second-order valence-electron chi connectivity index (χ2n) is 10.7. The van der Waals surface area contributed by atoms with Crippen LogP contribution in [0.3, 0.4) is 0 Å². The Bertz CT molecular complexity index is 859. The zero-order valence-electron chi connectivity index (χ0n) is 19.9. The molecule has 2 aromatic rings. The summed E-state index contributed by atoms with van der Waals surface area (Å²) in [6, 6.07) is 20.4. The lowest BCUT2D eigenvalue weighted by atomic mass is 9.80. The molecule has 0 radical (unpaired) electrons. The van der Waals surface area contributed by atoms with E-state index >= 15 is 0 Å². The molecule has 0 amide bonds. The number of quaternary nitrogens is 1. The smallest absolute Gasteiger partial charge is 0.119 e. The number of nitrogens with zero attached hydrogens (tertiary/aromatic N) is 1. The van der Waals surface area contributed by atoms with E-state index in [1.165, 1.54) is 38.8 Å². The van der Waals surface area contributed by atoms with Crippen molar-refractivity contribution in [1.29, 1.82) is 0 Å². The first-order chi connectivity index (χ1) is 16.2. The van der Waals surface area contributed by atoms with Crippen molar-refractivity contribution in [1.82, 2.24) is 0 Å². The van der Waals surface area contributed by atoms with Crippen LogP contribution in [0, 0.1) is 11.8 Å². The van der Waals surface area contributed by atoms with Crippen LogP contribution in [0.4, 0.5) is 0 Å². The van der Waals surface area contributed by atoms with Crippen LogP contribution < -0.4 is 4.74 Å². The summed E-state index contributed by atoms with van der Waals surface area (Å²) in [5.41, 5.74) is 0.165. The van der Waals surface area contributed by atoms with E-state index in [2.05, 4.69) is 12.1 Å². The molecular formula is C29H40NO3+. The van der Waals surface area contributed by atoms with Crippen molar-refractivity contribution in [2.24, 2.45) is 11.8 Å². The van der Waals surface area contributed by atoms with E-state index in [1.54, 1.807) is 0 Å². The van der Waals surface area contributed by atoms with Gasteiger partial charge in [0.2, 0.25) is 0 Å². The lowest BCUT2D eigenvalue weighted by Gasteiger charge is -2.53. The lowest BCUT2D eigenvalue weighted by Crippen LogP contribution is -2.65. The normalized spacial score (nSPS) is 29.1. The molecule has 4 fully saturated rings. The van der Waals surface area contributed by atoms with Gasteiger partial charge in [-0.2, -0.15) is 0 Å². The Labute approximate surface area is 199 Å². The molecule has 0 unspecified atom stereocenters. The van der Waals surface area contributed by atoms with Crippen molar-refractivity contribution >= 4 is 0 Å². The van der Waals surface area contributed by atoms with Crippen molar-refractivity contribution < 1.29 is 19.1 Å². The molecule has 0 aromatic heterocycles. The molecule has 0 spiro atoms. The number of hydrogen-bond acceptors (Lipinski definition) is 3. The Morgan fingerprint density at radius 3 is 2.24 bits per heavy atom. The van der Waals surface area contributed by atoms with Gasteiger partial charge in [0.25, 0.3) is 0 Å². The molecule has 1 saturated carbocycles. The van der Waals surface area contributed by atoms with Crippen molar-refractivity contribution in [3.8, 4) is 5.75 Å². The van der Waals surface area contributed by atoms with Crippen molar-refractivity contribution in [2.75, 3.05) is 39.4 Å². The minimum Gasteiger partial charge on any atom is -0.493 e. The zero-order chi connectivity index (χ0) is 22.6. The van der Waals surface area contributed by atoms with Gasteiger partial charge in [0.15, 0.2) is 0 Å². The van der Waals surface area contributed by atoms with Crippen molar-refractivity contribution in [2.45, 2.75) is 56.7 Å². The molecule has 3 aliphatic heterocycles. The topological polar surface area (TPSA) is 38.7 Å². The monoisotopic (exact) mass is 450 g/mol. The van der Waals surface area contributed by atoms with E-state index in [0.717, 1.165) is 54.8 Å². The van der Waals surface area contributed by atoms with E-state index in [1.807, 2.05) is 48.5 Å². The van der Waals surface area contributed by atoms with Gasteiger partial charge in [-0.05, 0) is 36.5 Å². The van der Waals surface area contributed by atoms with Crippen LogP contribution in [-0.2, 0) is 10.3 Å². The average molecular weight is 451 g/mol. The number of hydrogen-bond donors (Lipinski definition) is 1. The summed E-state index contributed by atoms with van der Waals surface area (Å²) in [5.74, 6) is 1.91. The molecule has 1 N–H and O–H groups in total. The van der Waals surface area contributed by atoms with Crippen molar-refractivity contribution in [3.63, 3.8) is 0 Å². The molecule has 2 atom stereocenters. The molecule has 6 rings (SSSR count). The van der Waals surface area contributed by atoms with Gasteiger partial charge in [-0.1, -0.05) is 61.4 Å². The summed E-state index contributed by atoms with van der Waals surface area (Å²) in [5, 5.41) is 11.9. The Morgan fingerprint density at radius 2 is 1.55 bits per heavy atom. The Morgan fingerprint density at radius 1 is 0.879 bits per heavy atom. The maximum absolute atomic E-state index is 11.9. The third kappa shape index (κ3) is 5.13. The van der Waals surface area contributed by atoms with Crippen LogP contribution in [-0.4, -0.2) is 55.1 Å². The third-order valence-corrected chi connectivity index (χ3v) is 8.65. The van der Waals surface area contributed by atoms with E-state index in [-0.39, 0.29) is 6.10 Å². The Balaban J connectivity index is 1.19. The van der Waals surface area contributed by atoms with Crippen LogP contribution in [0.2, 0.25) is 0 Å². The molecule has 3 heterocycles. The minimum absolute atomic E-state index is 0.263. The van der Waals surface area contributed by atoms with Gasteiger partial charge in [-0.15, -0.1) is 0 Å². The summed E-state index contributed by atoms with van der Waals surface area (Å²) in [6.45, 7) is 5.98. The fourth-order valence-corrected chi connectivity index (χ4v) is 6.63. The quantitative estimate of drug-likeness (QED) is 0.401. The first-order valence-corrected chi connectivity index (χ1v) is 13.1. The SMILES string of the molecule is O[C@](CO[C@H]1C[N+]2(CCCOc3ccccc3)CCC1CC2)(c1ccccc1)C1CCCC1. The first kappa shape index (κ1) is 22.9. The molecule has 4 heteroatoms. The maximum Gasteiger partial charge on any atom is 0.119 e. The molecule has 4 nitrogen and oxygen atoms in total. The van der Waals surface area contributed by atoms with Gasteiger partial charge >= 0.3 is 0 Å². The average Bonchev–Trinajstić information content (AvgIpc) is 3.43. The van der Waals surface area contributed by atoms with Gasteiger partial charge in [-0.25, -0.2) is 0 Å². The number of ether oxygens (including phenoxy) is 2. The van der Waals surface area contributed by atoms with Gasteiger partial charge < -0.3 is 19.1 Å². The molecule has 33 heavy (non-hydrogen) atoms. The predicted molar refractivity (Wildman–Crippen MR) is 131 cm³/mol. The predicted octanol–water partition coefficient (Wildman–Crippen LogP) is 5.16. The Kier molecular flexibility index (Phi) is 7.05. The van der Waals surface area contributed by atoms with Gasteiger partial charge in [-0.3, -0.25) is 0 Å². The van der Waals surface area contributed by atoms with Crippen LogP contribution in [0.5, 0.6) is 5.75 Å². The molecule has 2 aromatic carbocycles. The van der Waals surface area contributed by atoms with E-state index < -0.39 is 5.60 Å². The number of rotatable bonds is 10. The second-order valence-corrected chi connectivity index (χ2v) is 10.7. The van der Waals surface area contributed by atoms with Crippen LogP contribution in [0.15, 0.2) is 60.7 Å².